The molecule has 1 rings (SSSR count). The largest absolute Gasteiger partial charge is 0.390 e. The lowest BCUT2D eigenvalue weighted by Gasteiger charge is -2.41. The van der Waals surface area contributed by atoms with Gasteiger partial charge in [0.15, 0.2) is 0 Å². The second-order valence-corrected chi connectivity index (χ2v) is 25.7. The highest BCUT2D eigenvalue weighted by Crippen LogP contribution is 2.25. The van der Waals surface area contributed by atoms with Crippen molar-refractivity contribution in [2.75, 3.05) is 48.8 Å². The third-order valence-corrected chi connectivity index (χ3v) is 15.6. The number of carbonyl (C=O) groups excluding carboxylic acids is 11. The minimum atomic E-state index is -1.61. The standard InChI is InChI=1S/C61H109N11O12/c1-24-26-27-39(15)51(74)50-55(78)65-42(25-2)57(80)67(18)32-47(73)64-43(28-33(3)4)53(76)66-48(37(11)12)60(83)68(19)44(29-34(5)6)54(77)62-40(16)52(75)63-41(17)56(79)69(20)45(30-35(7)8)58(81)70(21)46(31-36(9)10)59(82)71(22)49(38(13)14)61(84)72(50)23/h24,26,33-46,48-51,74H,25,27-32H2,1-23H3,(H,62,77)(H,63,75)(H,64,73)(H,65,78)(H,66,76)/b26-24+/t39?,40-,41+,42-,43-,44-,45-,46-,48-,49-,50-,51?/m0/s1. The third-order valence-electron chi connectivity index (χ3n) is 15.6. The van der Waals surface area contributed by atoms with Crippen LogP contribution in [0.4, 0.5) is 0 Å². The van der Waals surface area contributed by atoms with Crippen LogP contribution in [0.2, 0.25) is 0 Å². The lowest BCUT2D eigenvalue weighted by atomic mass is 9.91. The summed E-state index contributed by atoms with van der Waals surface area (Å²) < 4.78 is 0. The molecule has 0 radical (unpaired) electrons. The first kappa shape index (κ1) is 75.9. The predicted octanol–water partition coefficient (Wildman–Crippen LogP) is 2.93. The van der Waals surface area contributed by atoms with E-state index in [-0.39, 0.29) is 55.8 Å². The molecule has 0 aliphatic carbocycles. The van der Waals surface area contributed by atoms with E-state index in [1.165, 1.54) is 75.7 Å². The van der Waals surface area contributed by atoms with Crippen molar-refractivity contribution >= 4 is 65.0 Å². The quantitative estimate of drug-likeness (QED) is 0.129. The highest BCUT2D eigenvalue weighted by molar-refractivity contribution is 5.99. The van der Waals surface area contributed by atoms with E-state index in [4.69, 9.17) is 0 Å². The van der Waals surface area contributed by atoms with Gasteiger partial charge in [-0.25, -0.2) is 0 Å². The molecule has 6 N–H and O–H groups in total. The number of nitrogens with one attached hydrogen (secondary N) is 5. The SMILES string of the molecule is C/C=C/CC(C)C(O)[C@H]1C(=O)N[C@@H](CC)C(=O)N(C)CC(=O)N[C@@H](CC(C)C)C(=O)N[C@@H](C(C)C)C(=O)N(C)[C@@H](CC(C)C)C(=O)N[C@@H](C)C(=O)N[C@H](C)C(=O)N(C)[C@@H](CC(C)C)C(=O)N(C)[C@@H](CC(C)C)C(=O)N(C)[C@@H](C(C)C)C(=O)N1C. The number of likely N-dealkylation sites (N-methyl/N-ethyl adjacent to an activating group) is 6. The van der Waals surface area contributed by atoms with E-state index >= 15 is 9.59 Å². The van der Waals surface area contributed by atoms with Crippen LogP contribution in [-0.2, 0) is 52.7 Å². The fraction of sp³-hybridized carbons (Fsp3) is 0.787. The highest BCUT2D eigenvalue weighted by atomic mass is 16.3. The molecule has 1 fully saturated rings. The Balaban J connectivity index is 4.27. The van der Waals surface area contributed by atoms with E-state index in [0.717, 1.165) is 9.80 Å². The van der Waals surface area contributed by atoms with Gasteiger partial charge in [-0.1, -0.05) is 109 Å². The Morgan fingerprint density at radius 1 is 0.464 bits per heavy atom. The van der Waals surface area contributed by atoms with Crippen molar-refractivity contribution in [2.24, 2.45) is 41.4 Å². The fourth-order valence-corrected chi connectivity index (χ4v) is 10.5. The van der Waals surface area contributed by atoms with E-state index in [9.17, 15) is 48.3 Å². The van der Waals surface area contributed by atoms with Crippen molar-refractivity contribution in [1.29, 1.82) is 0 Å². The Labute approximate surface area is 502 Å². The van der Waals surface area contributed by atoms with Crippen LogP contribution in [0.5, 0.6) is 0 Å². The third kappa shape index (κ3) is 21.7. The van der Waals surface area contributed by atoms with Gasteiger partial charge in [-0.2, -0.15) is 0 Å². The van der Waals surface area contributed by atoms with Gasteiger partial charge in [0.05, 0.1) is 12.6 Å². The van der Waals surface area contributed by atoms with E-state index in [1.54, 1.807) is 60.6 Å². The summed E-state index contributed by atoms with van der Waals surface area (Å²) in [5, 5.41) is 25.7. The van der Waals surface area contributed by atoms with Crippen molar-refractivity contribution < 1.29 is 57.8 Å². The van der Waals surface area contributed by atoms with Crippen LogP contribution in [0.3, 0.4) is 0 Å². The van der Waals surface area contributed by atoms with Gasteiger partial charge in [0.1, 0.15) is 60.4 Å². The first-order chi connectivity index (χ1) is 38.8. The summed E-state index contributed by atoms with van der Waals surface area (Å²) in [6.07, 6.45) is 3.01. The molecule has 0 saturated carbocycles. The van der Waals surface area contributed by atoms with Crippen molar-refractivity contribution in [3.8, 4) is 0 Å². The molecule has 23 heteroatoms. The number of carbonyl (C=O) groups is 11. The molecule has 0 aromatic rings. The molecule has 0 spiro atoms. The molecular formula is C61H109N11O12. The fourth-order valence-electron chi connectivity index (χ4n) is 10.5. The maximum Gasteiger partial charge on any atom is 0.246 e. The summed E-state index contributed by atoms with van der Waals surface area (Å²) in [5.41, 5.74) is 0. The Kier molecular flexibility index (Phi) is 31.4. The molecule has 1 heterocycles. The second kappa shape index (κ2) is 34.7. The molecule has 0 aromatic heterocycles. The Morgan fingerprint density at radius 2 is 0.917 bits per heavy atom. The van der Waals surface area contributed by atoms with Gasteiger partial charge < -0.3 is 61.1 Å². The minimum Gasteiger partial charge on any atom is -0.390 e. The zero-order valence-electron chi connectivity index (χ0n) is 55.1. The second-order valence-electron chi connectivity index (χ2n) is 25.7. The van der Waals surface area contributed by atoms with Gasteiger partial charge in [-0.15, -0.1) is 0 Å². The maximum atomic E-state index is 15.1. The monoisotopic (exact) mass is 1190 g/mol. The lowest BCUT2D eigenvalue weighted by Crippen LogP contribution is -2.63. The lowest BCUT2D eigenvalue weighted by molar-refractivity contribution is -0.157. The Morgan fingerprint density at radius 3 is 1.38 bits per heavy atom. The normalized spacial score (nSPS) is 27.0. The molecule has 1 aliphatic heterocycles. The number of hydrogen-bond acceptors (Lipinski definition) is 12. The summed E-state index contributed by atoms with van der Waals surface area (Å²) in [4.78, 5) is 166. The predicted molar refractivity (Wildman–Crippen MR) is 324 cm³/mol. The smallest absolute Gasteiger partial charge is 0.246 e. The van der Waals surface area contributed by atoms with Gasteiger partial charge in [0.2, 0.25) is 65.0 Å². The van der Waals surface area contributed by atoms with Crippen molar-refractivity contribution in [3.63, 3.8) is 0 Å². The molecule has 0 bridgehead atoms. The molecule has 1 saturated heterocycles. The van der Waals surface area contributed by atoms with E-state index < -0.39 is 156 Å². The van der Waals surface area contributed by atoms with Crippen LogP contribution >= 0.6 is 0 Å². The van der Waals surface area contributed by atoms with E-state index in [1.807, 2.05) is 55.4 Å². The molecule has 11 amide bonds. The summed E-state index contributed by atoms with van der Waals surface area (Å²) in [5.74, 6) is -9.86. The minimum absolute atomic E-state index is 0.0205. The van der Waals surface area contributed by atoms with Crippen molar-refractivity contribution in [1.82, 2.24) is 56.0 Å². The average molecular weight is 1190 g/mol. The number of rotatable bonds is 15. The summed E-state index contributed by atoms with van der Waals surface area (Å²) >= 11 is 0. The van der Waals surface area contributed by atoms with Crippen LogP contribution in [0.25, 0.3) is 0 Å². The summed E-state index contributed by atoms with van der Waals surface area (Å²) in [6, 6.07) is -12.4. The van der Waals surface area contributed by atoms with Gasteiger partial charge in [0.25, 0.3) is 0 Å². The van der Waals surface area contributed by atoms with Crippen LogP contribution in [0, 0.1) is 41.4 Å². The van der Waals surface area contributed by atoms with Gasteiger partial charge in [0, 0.05) is 42.3 Å². The number of allylic oxidation sites excluding steroid dienone is 2. The molecule has 12 atom stereocenters. The summed E-state index contributed by atoms with van der Waals surface area (Å²) in [7, 11) is 8.46. The van der Waals surface area contributed by atoms with Crippen LogP contribution < -0.4 is 26.6 Å². The molecule has 2 unspecified atom stereocenters. The number of aliphatic hydroxyl groups excluding tert-OH is 1. The number of amides is 11. The topological polar surface area (TPSA) is 288 Å². The first-order valence-corrected chi connectivity index (χ1v) is 30.2. The molecule has 23 nitrogen and oxygen atoms in total. The van der Waals surface area contributed by atoms with E-state index in [0.29, 0.717) is 6.42 Å². The van der Waals surface area contributed by atoms with Crippen LogP contribution in [-0.4, -0.2) is 215 Å². The maximum absolute atomic E-state index is 15.1. The summed E-state index contributed by atoms with van der Waals surface area (Å²) in [6.45, 7) is 29.2. The molecule has 84 heavy (non-hydrogen) atoms. The van der Waals surface area contributed by atoms with Gasteiger partial charge in [-0.3, -0.25) is 52.7 Å². The first-order valence-electron chi connectivity index (χ1n) is 30.2. The number of hydrogen-bond donors (Lipinski definition) is 6. The number of aliphatic hydroxyl groups is 1. The molecule has 0 aromatic carbocycles. The molecule has 1 aliphatic rings. The van der Waals surface area contributed by atoms with Crippen molar-refractivity contribution in [3.05, 3.63) is 12.2 Å². The Bertz CT molecular complexity index is 2290. The zero-order valence-corrected chi connectivity index (χ0v) is 55.1. The van der Waals surface area contributed by atoms with E-state index in [2.05, 4.69) is 26.6 Å². The van der Waals surface area contributed by atoms with Crippen LogP contribution in [0.1, 0.15) is 156 Å². The zero-order chi connectivity index (χ0) is 65.1. The van der Waals surface area contributed by atoms with Gasteiger partial charge in [-0.05, 0) is 101 Å². The Hall–Kier alpha value is -6.13. The van der Waals surface area contributed by atoms with Gasteiger partial charge >= 0.3 is 0 Å². The van der Waals surface area contributed by atoms with Crippen LogP contribution in [0.15, 0.2) is 12.2 Å². The number of nitrogens with zero attached hydrogens (tertiary/aromatic N) is 6. The highest BCUT2D eigenvalue weighted by Gasteiger charge is 2.45. The average Bonchev–Trinajstić information content (AvgIpc) is 3.34. The van der Waals surface area contributed by atoms with Crippen molar-refractivity contribution in [2.45, 2.75) is 223 Å². The molecule has 480 valence electrons. The molecular weight excluding hydrogens is 1080 g/mol.